The maximum Gasteiger partial charge on any atom is 0.257 e. The topological polar surface area (TPSA) is 68.3 Å². The minimum absolute atomic E-state index is 0.000333. The molecule has 1 aliphatic rings. The first kappa shape index (κ1) is 15.6. The number of fused-ring (bicyclic) bond motifs is 1. The van der Waals surface area contributed by atoms with Gasteiger partial charge in [-0.1, -0.05) is 6.08 Å². The Balaban J connectivity index is 1.59. The molecule has 0 aromatic carbocycles. The number of aromatic nitrogens is 5. The highest BCUT2D eigenvalue weighted by molar-refractivity contribution is 5.95. The summed E-state index contributed by atoms with van der Waals surface area (Å²) >= 11 is 0. The molecule has 4 rings (SSSR count). The van der Waals surface area contributed by atoms with Crippen molar-refractivity contribution in [1.82, 2.24) is 29.3 Å². The van der Waals surface area contributed by atoms with Crippen molar-refractivity contribution in [2.75, 3.05) is 13.1 Å². The Morgan fingerprint density at radius 3 is 2.80 bits per heavy atom. The molecule has 0 fully saturated rings. The first-order valence-electron chi connectivity index (χ1n) is 8.33. The van der Waals surface area contributed by atoms with Crippen LogP contribution < -0.4 is 0 Å². The van der Waals surface area contributed by atoms with Crippen molar-refractivity contribution in [2.24, 2.45) is 7.05 Å². The third-order valence-corrected chi connectivity index (χ3v) is 4.72. The van der Waals surface area contributed by atoms with Crippen molar-refractivity contribution in [3.63, 3.8) is 0 Å². The molecule has 7 nitrogen and oxygen atoms in total. The third kappa shape index (κ3) is 2.61. The van der Waals surface area contributed by atoms with Gasteiger partial charge in [0.25, 0.3) is 5.91 Å². The molecule has 25 heavy (non-hydrogen) atoms. The molecule has 128 valence electrons. The number of carbonyl (C=O) groups is 1. The molecule has 0 saturated heterocycles. The maximum atomic E-state index is 12.9. The summed E-state index contributed by atoms with van der Waals surface area (Å²) in [5, 5.41) is 8.63. The first-order chi connectivity index (χ1) is 12.0. The normalized spacial score (nSPS) is 14.8. The number of nitrogens with zero attached hydrogens (tertiary/aromatic N) is 6. The molecule has 3 aromatic rings. The van der Waals surface area contributed by atoms with Gasteiger partial charge in [0.2, 0.25) is 0 Å². The van der Waals surface area contributed by atoms with Crippen LogP contribution in [0.3, 0.4) is 0 Å². The van der Waals surface area contributed by atoms with Gasteiger partial charge in [0.15, 0.2) is 5.65 Å². The molecule has 0 bridgehead atoms. The van der Waals surface area contributed by atoms with Crippen LogP contribution >= 0.6 is 0 Å². The molecule has 0 N–H and O–H groups in total. The highest BCUT2D eigenvalue weighted by atomic mass is 16.2. The van der Waals surface area contributed by atoms with Crippen molar-refractivity contribution in [3.8, 4) is 0 Å². The Labute approximate surface area is 145 Å². The Morgan fingerprint density at radius 2 is 2.12 bits per heavy atom. The molecule has 4 heterocycles. The second-order valence-electron chi connectivity index (χ2n) is 6.38. The minimum atomic E-state index is 0.000333. The number of amides is 1. The summed E-state index contributed by atoms with van der Waals surface area (Å²) < 4.78 is 3.61. The molecule has 0 radical (unpaired) electrons. The lowest BCUT2D eigenvalue weighted by Gasteiger charge is -2.27. The van der Waals surface area contributed by atoms with Gasteiger partial charge in [0, 0.05) is 38.6 Å². The molecule has 0 saturated carbocycles. The number of aryl methyl sites for hydroxylation is 3. The van der Waals surface area contributed by atoms with Gasteiger partial charge in [-0.15, -0.1) is 0 Å². The fraction of sp³-hybridized carbons (Fsp3) is 0.333. The molecule has 0 aliphatic carbocycles. The summed E-state index contributed by atoms with van der Waals surface area (Å²) in [6, 6.07) is 3.91. The van der Waals surface area contributed by atoms with Gasteiger partial charge in [0.05, 0.1) is 22.6 Å². The average molecular weight is 336 g/mol. The zero-order chi connectivity index (χ0) is 17.6. The van der Waals surface area contributed by atoms with Gasteiger partial charge >= 0.3 is 0 Å². The van der Waals surface area contributed by atoms with E-state index in [2.05, 4.69) is 21.3 Å². The number of rotatable bonds is 2. The van der Waals surface area contributed by atoms with E-state index < -0.39 is 0 Å². The standard InChI is InChI=1S/C18H20N6O/c1-12-10-17-19-11-15(13(2)24(17)21-12)18(25)23-8-5-14(6-9-23)16-4-7-20-22(16)3/h4-5,7,10-11H,6,8-9H2,1-3H3. The second-order valence-corrected chi connectivity index (χ2v) is 6.38. The largest absolute Gasteiger partial charge is 0.334 e. The van der Waals surface area contributed by atoms with Gasteiger partial charge in [-0.25, -0.2) is 9.50 Å². The summed E-state index contributed by atoms with van der Waals surface area (Å²) in [6.45, 7) is 5.11. The van der Waals surface area contributed by atoms with E-state index >= 15 is 0 Å². The van der Waals surface area contributed by atoms with E-state index in [1.54, 1.807) is 16.9 Å². The van der Waals surface area contributed by atoms with E-state index in [9.17, 15) is 4.79 Å². The van der Waals surface area contributed by atoms with Crippen molar-refractivity contribution < 1.29 is 4.79 Å². The van der Waals surface area contributed by atoms with Crippen LogP contribution in [-0.4, -0.2) is 48.3 Å². The Bertz CT molecular complexity index is 996. The van der Waals surface area contributed by atoms with Crippen LogP contribution in [0, 0.1) is 13.8 Å². The van der Waals surface area contributed by atoms with E-state index in [1.807, 2.05) is 42.6 Å². The summed E-state index contributed by atoms with van der Waals surface area (Å²) in [4.78, 5) is 19.2. The summed E-state index contributed by atoms with van der Waals surface area (Å²) in [7, 11) is 1.93. The van der Waals surface area contributed by atoms with Crippen molar-refractivity contribution in [3.05, 3.63) is 53.2 Å². The van der Waals surface area contributed by atoms with Crippen molar-refractivity contribution >= 4 is 17.1 Å². The number of carbonyl (C=O) groups excluding carboxylic acids is 1. The molecule has 0 atom stereocenters. The highest BCUT2D eigenvalue weighted by Gasteiger charge is 2.23. The lowest BCUT2D eigenvalue weighted by Crippen LogP contribution is -2.35. The van der Waals surface area contributed by atoms with Gasteiger partial charge < -0.3 is 4.90 Å². The fourth-order valence-electron chi connectivity index (χ4n) is 3.32. The van der Waals surface area contributed by atoms with Gasteiger partial charge in [0.1, 0.15) is 0 Å². The molecule has 0 unspecified atom stereocenters. The van der Waals surface area contributed by atoms with Gasteiger partial charge in [-0.2, -0.15) is 10.2 Å². The lowest BCUT2D eigenvalue weighted by molar-refractivity contribution is 0.0771. The predicted molar refractivity (Wildman–Crippen MR) is 94.2 cm³/mol. The van der Waals surface area contributed by atoms with Crippen LogP contribution in [-0.2, 0) is 7.05 Å². The van der Waals surface area contributed by atoms with E-state index in [0.29, 0.717) is 18.7 Å². The third-order valence-electron chi connectivity index (χ3n) is 4.72. The SMILES string of the molecule is Cc1cc2ncc(C(=O)N3CC=C(c4ccnn4C)CC3)c(C)n2n1. The quantitative estimate of drug-likeness (QED) is 0.718. The molecular weight excluding hydrogens is 316 g/mol. The van der Waals surface area contributed by atoms with Crippen molar-refractivity contribution in [2.45, 2.75) is 20.3 Å². The first-order valence-corrected chi connectivity index (χ1v) is 8.33. The van der Waals surface area contributed by atoms with Crippen LogP contribution in [0.2, 0.25) is 0 Å². The molecular formula is C18H20N6O. The monoisotopic (exact) mass is 336 g/mol. The lowest BCUT2D eigenvalue weighted by atomic mass is 10.0. The average Bonchev–Trinajstić information content (AvgIpc) is 3.20. The molecule has 0 spiro atoms. The minimum Gasteiger partial charge on any atom is -0.334 e. The summed E-state index contributed by atoms with van der Waals surface area (Å²) in [6.07, 6.45) is 6.39. The maximum absolute atomic E-state index is 12.9. The van der Waals surface area contributed by atoms with Crippen molar-refractivity contribution in [1.29, 1.82) is 0 Å². The van der Waals surface area contributed by atoms with E-state index in [1.165, 1.54) is 5.57 Å². The Hall–Kier alpha value is -2.96. The molecule has 1 aliphatic heterocycles. The van der Waals surface area contributed by atoms with Crippen LogP contribution in [0.5, 0.6) is 0 Å². The van der Waals surface area contributed by atoms with E-state index in [0.717, 1.165) is 29.1 Å². The zero-order valence-corrected chi connectivity index (χ0v) is 14.6. The van der Waals surface area contributed by atoms with E-state index in [4.69, 9.17) is 0 Å². The van der Waals surface area contributed by atoms with Crippen LogP contribution in [0.15, 0.2) is 30.6 Å². The number of hydrogen-bond donors (Lipinski definition) is 0. The number of hydrogen-bond acceptors (Lipinski definition) is 4. The molecule has 7 heteroatoms. The Morgan fingerprint density at radius 1 is 1.28 bits per heavy atom. The smallest absolute Gasteiger partial charge is 0.257 e. The summed E-state index contributed by atoms with van der Waals surface area (Å²) in [5.41, 5.74) is 5.43. The van der Waals surface area contributed by atoms with E-state index in [-0.39, 0.29) is 5.91 Å². The van der Waals surface area contributed by atoms with Crippen LogP contribution in [0.4, 0.5) is 0 Å². The highest BCUT2D eigenvalue weighted by Crippen LogP contribution is 2.23. The molecule has 3 aromatic heterocycles. The summed E-state index contributed by atoms with van der Waals surface area (Å²) in [5.74, 6) is 0.000333. The second kappa shape index (κ2) is 5.84. The van der Waals surface area contributed by atoms with Crippen LogP contribution in [0.1, 0.15) is 33.9 Å². The Kier molecular flexibility index (Phi) is 3.63. The van der Waals surface area contributed by atoms with Crippen LogP contribution in [0.25, 0.3) is 11.2 Å². The zero-order valence-electron chi connectivity index (χ0n) is 14.6. The molecule has 1 amide bonds. The van der Waals surface area contributed by atoms with Gasteiger partial charge in [-0.3, -0.25) is 9.48 Å². The predicted octanol–water partition coefficient (Wildman–Crippen LogP) is 2.01. The fourth-order valence-corrected chi connectivity index (χ4v) is 3.32. The van der Waals surface area contributed by atoms with Gasteiger partial charge in [-0.05, 0) is 31.9 Å².